The minimum atomic E-state index is -0.876. The molecule has 2 unspecified atom stereocenters. The molecule has 3 saturated carbocycles. The summed E-state index contributed by atoms with van der Waals surface area (Å²) in [7, 11) is 2.92. The van der Waals surface area contributed by atoms with Gasteiger partial charge in [-0.25, -0.2) is 14.9 Å². The van der Waals surface area contributed by atoms with Gasteiger partial charge in [-0.15, -0.1) is 6.58 Å². The second-order valence-corrected chi connectivity index (χ2v) is 10.3. The molecule has 2 bridgehead atoms. The second-order valence-electron chi connectivity index (χ2n) is 10.3. The number of methoxy groups -OCH3 is 2. The van der Waals surface area contributed by atoms with E-state index in [-0.39, 0.29) is 35.1 Å². The van der Waals surface area contributed by atoms with Crippen LogP contribution in [0.5, 0.6) is 0 Å². The molecule has 3 aliphatic carbocycles. The number of alkyl carbamates (subject to hydrolysis) is 2. The molecule has 7 heteroatoms. The second kappa shape index (κ2) is 8.23. The Morgan fingerprint density at radius 3 is 2.35 bits per heavy atom. The highest BCUT2D eigenvalue weighted by atomic mass is 16.6. The van der Waals surface area contributed by atoms with Crippen molar-refractivity contribution in [2.45, 2.75) is 72.0 Å². The monoisotopic (exact) mass is 435 g/mol. The van der Waals surface area contributed by atoms with Gasteiger partial charge in [0.25, 0.3) is 0 Å². The van der Waals surface area contributed by atoms with Gasteiger partial charge in [0.05, 0.1) is 13.2 Å². The summed E-state index contributed by atoms with van der Waals surface area (Å²) in [6, 6.07) is 0. The Labute approximate surface area is 185 Å². The summed E-state index contributed by atoms with van der Waals surface area (Å²) in [5.74, 6) is 0.310. The summed E-state index contributed by atoms with van der Waals surface area (Å²) in [5, 5.41) is 2.10. The number of imide groups is 1. The van der Waals surface area contributed by atoms with Crippen LogP contribution in [0.3, 0.4) is 0 Å². The van der Waals surface area contributed by atoms with Gasteiger partial charge in [0.2, 0.25) is 0 Å². The van der Waals surface area contributed by atoms with Crippen LogP contribution in [0.4, 0.5) is 9.59 Å². The van der Waals surface area contributed by atoms with Gasteiger partial charge in [-0.05, 0) is 43.9 Å². The normalized spacial score (nSPS) is 44.5. The van der Waals surface area contributed by atoms with Crippen molar-refractivity contribution in [1.82, 2.24) is 5.32 Å². The predicted molar refractivity (Wildman–Crippen MR) is 115 cm³/mol. The molecule has 174 valence electrons. The third-order valence-corrected chi connectivity index (χ3v) is 9.17. The van der Waals surface area contributed by atoms with Gasteiger partial charge in [0, 0.05) is 36.2 Å². The molecule has 0 radical (unpaired) electrons. The van der Waals surface area contributed by atoms with Gasteiger partial charge in [-0.1, -0.05) is 26.8 Å². The fraction of sp³-hybridized carbons (Fsp3) is 0.792. The Hall–Kier alpha value is -1.89. The highest BCUT2D eigenvalue weighted by Crippen LogP contribution is 2.68. The number of carbonyl (C=O) groups is 3. The molecule has 8 atom stereocenters. The van der Waals surface area contributed by atoms with Crippen LogP contribution in [-0.2, 0) is 19.0 Å². The quantitative estimate of drug-likeness (QED) is 0.657. The average Bonchev–Trinajstić information content (AvgIpc) is 3.14. The van der Waals surface area contributed by atoms with Crippen LogP contribution in [-0.4, -0.2) is 44.4 Å². The lowest BCUT2D eigenvalue weighted by Crippen LogP contribution is -2.63. The summed E-state index contributed by atoms with van der Waals surface area (Å²) in [4.78, 5) is 38.0. The Bertz CT molecular complexity index is 767. The first-order chi connectivity index (χ1) is 14.5. The molecule has 7 nitrogen and oxygen atoms in total. The largest absolute Gasteiger partial charge is 0.453 e. The van der Waals surface area contributed by atoms with Gasteiger partial charge in [0.1, 0.15) is 11.9 Å². The number of hydrogen-bond acceptors (Lipinski definition) is 6. The lowest BCUT2D eigenvalue weighted by atomic mass is 9.44. The molecule has 0 aromatic carbocycles. The van der Waals surface area contributed by atoms with Crippen LogP contribution in [0.25, 0.3) is 0 Å². The number of hydrogen-bond donors (Lipinski definition) is 1. The highest BCUT2D eigenvalue weighted by Gasteiger charge is 2.68. The lowest BCUT2D eigenvalue weighted by molar-refractivity contribution is -0.188. The molecule has 0 heterocycles. The Balaban J connectivity index is 2.14. The lowest BCUT2D eigenvalue weighted by Gasteiger charge is -2.61. The predicted octanol–water partition coefficient (Wildman–Crippen LogP) is 4.50. The van der Waals surface area contributed by atoms with Crippen LogP contribution >= 0.6 is 0 Å². The average molecular weight is 436 g/mol. The van der Waals surface area contributed by atoms with E-state index < -0.39 is 29.1 Å². The number of Topliss-reactive ketones (excluding diaryl/α,β-unsaturated/α-hetero) is 1. The van der Waals surface area contributed by atoms with Gasteiger partial charge in [0.15, 0.2) is 0 Å². The van der Waals surface area contributed by atoms with Crippen molar-refractivity contribution in [2.75, 3.05) is 14.2 Å². The molecule has 0 saturated heterocycles. The third-order valence-electron chi connectivity index (χ3n) is 9.17. The van der Waals surface area contributed by atoms with E-state index in [4.69, 9.17) is 9.47 Å². The van der Waals surface area contributed by atoms with Crippen molar-refractivity contribution >= 4 is 18.0 Å². The molecule has 0 aromatic rings. The zero-order chi connectivity index (χ0) is 23.2. The Kier molecular flexibility index (Phi) is 6.31. The summed E-state index contributed by atoms with van der Waals surface area (Å²) in [6.45, 7) is 12.3. The van der Waals surface area contributed by atoms with Gasteiger partial charge < -0.3 is 14.2 Å². The van der Waals surface area contributed by atoms with Crippen molar-refractivity contribution in [3.63, 3.8) is 0 Å². The summed E-state index contributed by atoms with van der Waals surface area (Å²) in [5.41, 5.74) is -1.47. The van der Waals surface area contributed by atoms with Crippen LogP contribution in [0, 0.1) is 34.0 Å². The number of ether oxygens (including phenoxy) is 3. The van der Waals surface area contributed by atoms with Gasteiger partial charge >= 0.3 is 12.2 Å². The van der Waals surface area contributed by atoms with Crippen LogP contribution < -0.4 is 5.32 Å². The zero-order valence-electron chi connectivity index (χ0n) is 19.7. The Morgan fingerprint density at radius 1 is 1.13 bits per heavy atom. The van der Waals surface area contributed by atoms with E-state index in [0.717, 1.165) is 25.7 Å². The molecule has 0 aliphatic heterocycles. The van der Waals surface area contributed by atoms with Crippen LogP contribution in [0.15, 0.2) is 12.7 Å². The van der Waals surface area contributed by atoms with Crippen molar-refractivity contribution < 1.29 is 28.6 Å². The first-order valence-electron chi connectivity index (χ1n) is 11.3. The maximum absolute atomic E-state index is 13.8. The molecule has 2 amide bonds. The van der Waals surface area contributed by atoms with E-state index in [2.05, 4.69) is 37.4 Å². The molecular weight excluding hydrogens is 398 g/mol. The fourth-order valence-corrected chi connectivity index (χ4v) is 7.09. The zero-order valence-corrected chi connectivity index (χ0v) is 19.7. The van der Waals surface area contributed by atoms with Crippen molar-refractivity contribution in [3.8, 4) is 0 Å². The van der Waals surface area contributed by atoms with E-state index in [9.17, 15) is 14.4 Å². The molecule has 3 rings (SSSR count). The van der Waals surface area contributed by atoms with Gasteiger partial charge in [-0.2, -0.15) is 0 Å². The molecule has 1 N–H and O–H groups in total. The maximum atomic E-state index is 13.8. The van der Waals surface area contributed by atoms with Crippen molar-refractivity contribution in [2.24, 2.45) is 34.0 Å². The minimum Gasteiger partial charge on any atom is -0.453 e. The summed E-state index contributed by atoms with van der Waals surface area (Å²) >= 11 is 0. The first kappa shape index (κ1) is 23.8. The number of amides is 2. The number of carbonyl (C=O) groups excluding carboxylic acids is 3. The summed E-state index contributed by atoms with van der Waals surface area (Å²) in [6.07, 6.45) is 3.38. The van der Waals surface area contributed by atoms with Crippen molar-refractivity contribution in [1.29, 1.82) is 0 Å². The number of allylic oxidation sites excluding steroid dienone is 1. The van der Waals surface area contributed by atoms with E-state index in [1.165, 1.54) is 7.11 Å². The number of ketones is 1. The molecule has 0 spiro atoms. The molecule has 3 fully saturated rings. The number of nitrogens with one attached hydrogen (secondary N) is 1. The highest BCUT2D eigenvalue weighted by molar-refractivity contribution is 5.90. The molecule has 3 aliphatic rings. The third kappa shape index (κ3) is 3.49. The first-order valence-corrected chi connectivity index (χ1v) is 11.3. The van der Waals surface area contributed by atoms with E-state index in [1.54, 1.807) is 13.2 Å². The Morgan fingerprint density at radius 2 is 1.77 bits per heavy atom. The van der Waals surface area contributed by atoms with Crippen LogP contribution in [0.2, 0.25) is 0 Å². The van der Waals surface area contributed by atoms with E-state index in [1.807, 2.05) is 6.92 Å². The minimum absolute atomic E-state index is 0.00847. The van der Waals surface area contributed by atoms with Gasteiger partial charge in [-0.3, -0.25) is 4.79 Å². The van der Waals surface area contributed by atoms with Crippen LogP contribution in [0.1, 0.15) is 59.8 Å². The van der Waals surface area contributed by atoms with Crippen molar-refractivity contribution in [3.05, 3.63) is 12.7 Å². The molecular formula is C24H37NO6. The van der Waals surface area contributed by atoms with E-state index in [0.29, 0.717) is 6.42 Å². The fourth-order valence-electron chi connectivity index (χ4n) is 7.09. The summed E-state index contributed by atoms with van der Waals surface area (Å²) < 4.78 is 16.4. The number of rotatable bonds is 3. The SMILES string of the molecule is C=C[C@]1(C)C[C@@H](OC(=O)NC(=O)OC)[C@]2(C)C(C)CC[C@]3(CC[C@@H](OC)C32)[C@@H](C)C1=O. The smallest absolute Gasteiger partial charge is 0.416 e. The molecule has 0 aromatic heterocycles. The topological polar surface area (TPSA) is 90.9 Å². The van der Waals surface area contributed by atoms with E-state index >= 15 is 0 Å². The standard InChI is InChI=1S/C24H37NO6/c1-8-22(4)13-17(31-21(28)25-20(27)30-7)23(5)14(2)9-11-24(15(3)19(22)26)12-10-16(29-6)18(23)24/h8,14-18H,1,9-13H2,2-7H3,(H,25,27,28)/t14?,15-,16+,17+,18?,22+,23-,24-/m0/s1. The maximum Gasteiger partial charge on any atom is 0.416 e. The molecule has 31 heavy (non-hydrogen) atoms.